The molecule has 4 rings (SSSR count). The van der Waals surface area contributed by atoms with E-state index >= 15 is 0 Å². The average molecular weight is 408 g/mol. The first-order valence-corrected chi connectivity index (χ1v) is 10.3. The standard InChI is InChI=1S/C19H18F2N2O4S/c20-15-5-3-6-16(21)18(15)28(25,26)22-10-8-14(9-11-22)23-17-7-2-1-4-13(17)12-27-19(23)24/h1-7,14H,8-12H2. The van der Waals surface area contributed by atoms with Gasteiger partial charge in [0.1, 0.15) is 18.2 Å². The van der Waals surface area contributed by atoms with Crippen LogP contribution in [0.4, 0.5) is 19.3 Å². The average Bonchev–Trinajstić information content (AvgIpc) is 2.68. The predicted molar refractivity (Wildman–Crippen MR) is 97.2 cm³/mol. The molecule has 28 heavy (non-hydrogen) atoms. The van der Waals surface area contributed by atoms with Gasteiger partial charge in [-0.2, -0.15) is 4.31 Å². The highest BCUT2D eigenvalue weighted by Crippen LogP contribution is 2.33. The van der Waals surface area contributed by atoms with E-state index in [1.807, 2.05) is 24.3 Å². The Morgan fingerprint density at radius 1 is 0.964 bits per heavy atom. The number of amides is 1. The van der Waals surface area contributed by atoms with Crippen LogP contribution in [0.25, 0.3) is 0 Å². The third-order valence-corrected chi connectivity index (χ3v) is 7.06. The number of benzene rings is 2. The number of rotatable bonds is 3. The van der Waals surface area contributed by atoms with E-state index < -0.39 is 32.6 Å². The molecular weight excluding hydrogens is 390 g/mol. The summed E-state index contributed by atoms with van der Waals surface area (Å²) in [4.78, 5) is 12.9. The van der Waals surface area contributed by atoms with Crippen LogP contribution in [0.1, 0.15) is 18.4 Å². The Balaban J connectivity index is 1.55. The molecule has 0 bridgehead atoms. The van der Waals surface area contributed by atoms with Gasteiger partial charge in [0.2, 0.25) is 10.0 Å². The van der Waals surface area contributed by atoms with E-state index in [2.05, 4.69) is 0 Å². The van der Waals surface area contributed by atoms with Crippen molar-refractivity contribution >= 4 is 21.8 Å². The quantitative estimate of drug-likeness (QED) is 0.782. The number of carbonyl (C=O) groups excluding carboxylic acids is 1. The van der Waals surface area contributed by atoms with Crippen LogP contribution in [-0.2, 0) is 21.4 Å². The minimum absolute atomic E-state index is 0.0483. The molecular formula is C19H18F2N2O4S. The second-order valence-electron chi connectivity index (χ2n) is 6.74. The molecule has 2 aromatic rings. The minimum Gasteiger partial charge on any atom is -0.444 e. The van der Waals surface area contributed by atoms with Gasteiger partial charge in [-0.1, -0.05) is 24.3 Å². The van der Waals surface area contributed by atoms with Crippen LogP contribution in [0, 0.1) is 11.6 Å². The van der Waals surface area contributed by atoms with Crippen molar-refractivity contribution in [3.05, 3.63) is 59.7 Å². The number of fused-ring (bicyclic) bond motifs is 1. The largest absolute Gasteiger partial charge is 0.444 e. The predicted octanol–water partition coefficient (Wildman–Crippen LogP) is 3.27. The third-order valence-electron chi connectivity index (χ3n) is 5.10. The van der Waals surface area contributed by atoms with Crippen LogP contribution in [-0.4, -0.2) is 37.9 Å². The number of piperidine rings is 1. The zero-order valence-electron chi connectivity index (χ0n) is 14.8. The van der Waals surface area contributed by atoms with Crippen LogP contribution in [0.15, 0.2) is 47.4 Å². The van der Waals surface area contributed by atoms with E-state index in [0.717, 1.165) is 33.8 Å². The summed E-state index contributed by atoms with van der Waals surface area (Å²) in [5, 5.41) is 0. The van der Waals surface area contributed by atoms with E-state index in [0.29, 0.717) is 12.8 Å². The first-order chi connectivity index (χ1) is 13.4. The van der Waals surface area contributed by atoms with Crippen molar-refractivity contribution in [1.82, 2.24) is 4.31 Å². The molecule has 1 fully saturated rings. The monoisotopic (exact) mass is 408 g/mol. The van der Waals surface area contributed by atoms with Gasteiger partial charge < -0.3 is 4.74 Å². The van der Waals surface area contributed by atoms with Gasteiger partial charge in [-0.05, 0) is 31.0 Å². The number of cyclic esters (lactones) is 1. The SMILES string of the molecule is O=C1OCc2ccccc2N1C1CCN(S(=O)(=O)c2c(F)cccc2F)CC1. The topological polar surface area (TPSA) is 66.9 Å². The molecule has 0 saturated carbocycles. The third kappa shape index (κ3) is 3.14. The highest BCUT2D eigenvalue weighted by atomic mass is 32.2. The molecule has 0 unspecified atom stereocenters. The number of nitrogens with zero attached hydrogens (tertiary/aromatic N) is 2. The van der Waals surface area contributed by atoms with Gasteiger partial charge in [0.05, 0.1) is 5.69 Å². The number of hydrogen-bond acceptors (Lipinski definition) is 4. The molecule has 0 spiro atoms. The van der Waals surface area contributed by atoms with Crippen LogP contribution in [0.5, 0.6) is 0 Å². The lowest BCUT2D eigenvalue weighted by atomic mass is 10.0. The van der Waals surface area contributed by atoms with Crippen molar-refractivity contribution in [3.63, 3.8) is 0 Å². The van der Waals surface area contributed by atoms with Crippen LogP contribution in [0.3, 0.4) is 0 Å². The first kappa shape index (κ1) is 18.8. The Kier molecular flexibility index (Phi) is 4.80. The summed E-state index contributed by atoms with van der Waals surface area (Å²) < 4.78 is 59.7. The van der Waals surface area contributed by atoms with E-state index in [9.17, 15) is 22.0 Å². The zero-order valence-corrected chi connectivity index (χ0v) is 15.7. The van der Waals surface area contributed by atoms with Gasteiger partial charge >= 0.3 is 6.09 Å². The molecule has 0 atom stereocenters. The second-order valence-corrected chi connectivity index (χ2v) is 8.61. The molecule has 2 aromatic carbocycles. The summed E-state index contributed by atoms with van der Waals surface area (Å²) in [6.45, 7) is 0.296. The second kappa shape index (κ2) is 7.14. The molecule has 1 amide bonds. The molecule has 0 N–H and O–H groups in total. The lowest BCUT2D eigenvalue weighted by Gasteiger charge is -2.39. The number of anilines is 1. The Morgan fingerprint density at radius 2 is 1.61 bits per heavy atom. The fourth-order valence-electron chi connectivity index (χ4n) is 3.72. The van der Waals surface area contributed by atoms with Crippen molar-refractivity contribution in [3.8, 4) is 0 Å². The van der Waals surface area contributed by atoms with Gasteiger partial charge in [-0.15, -0.1) is 0 Å². The molecule has 2 aliphatic rings. The van der Waals surface area contributed by atoms with Crippen molar-refractivity contribution in [1.29, 1.82) is 0 Å². The summed E-state index contributed by atoms with van der Waals surface area (Å²) in [7, 11) is -4.30. The van der Waals surface area contributed by atoms with Crippen molar-refractivity contribution in [2.75, 3.05) is 18.0 Å². The fourth-order valence-corrected chi connectivity index (χ4v) is 5.30. The van der Waals surface area contributed by atoms with Gasteiger partial charge in [-0.25, -0.2) is 22.0 Å². The summed E-state index contributed by atoms with van der Waals surface area (Å²) in [6, 6.07) is 10.1. The highest BCUT2D eigenvalue weighted by Gasteiger charge is 2.38. The number of para-hydroxylation sites is 1. The number of halogens is 2. The van der Waals surface area contributed by atoms with Gasteiger partial charge in [-0.3, -0.25) is 4.90 Å². The Hall–Kier alpha value is -2.52. The summed E-state index contributed by atoms with van der Waals surface area (Å²) >= 11 is 0. The maximum atomic E-state index is 14.0. The number of carbonyl (C=O) groups is 1. The summed E-state index contributed by atoms with van der Waals surface area (Å²) in [5.74, 6) is -2.23. The maximum absolute atomic E-state index is 14.0. The lowest BCUT2D eigenvalue weighted by molar-refractivity contribution is 0.136. The molecule has 0 radical (unpaired) electrons. The first-order valence-electron chi connectivity index (χ1n) is 8.87. The van der Waals surface area contributed by atoms with Crippen LogP contribution in [0.2, 0.25) is 0 Å². The van der Waals surface area contributed by atoms with Crippen LogP contribution >= 0.6 is 0 Å². The maximum Gasteiger partial charge on any atom is 0.414 e. The summed E-state index contributed by atoms with van der Waals surface area (Å²) in [5.41, 5.74) is 1.63. The Morgan fingerprint density at radius 3 is 2.29 bits per heavy atom. The normalized spacial score (nSPS) is 18.6. The van der Waals surface area contributed by atoms with Gasteiger partial charge in [0, 0.05) is 24.7 Å². The molecule has 0 aromatic heterocycles. The fraction of sp³-hybridized carbons (Fsp3) is 0.316. The Labute approximate surface area is 161 Å². The smallest absolute Gasteiger partial charge is 0.414 e. The molecule has 2 aliphatic heterocycles. The molecule has 148 valence electrons. The molecule has 2 heterocycles. The highest BCUT2D eigenvalue weighted by molar-refractivity contribution is 7.89. The number of hydrogen-bond donors (Lipinski definition) is 0. The Bertz CT molecular complexity index is 1000. The van der Waals surface area contributed by atoms with Crippen LogP contribution < -0.4 is 4.90 Å². The summed E-state index contributed by atoms with van der Waals surface area (Å²) in [6.07, 6.45) is 0.192. The lowest BCUT2D eigenvalue weighted by Crippen LogP contribution is -2.50. The molecule has 0 aliphatic carbocycles. The zero-order chi connectivity index (χ0) is 19.9. The van der Waals surface area contributed by atoms with Gasteiger partial charge in [0.15, 0.2) is 4.90 Å². The van der Waals surface area contributed by atoms with E-state index in [1.165, 1.54) is 0 Å². The van der Waals surface area contributed by atoms with Gasteiger partial charge in [0.25, 0.3) is 0 Å². The molecule has 1 saturated heterocycles. The minimum atomic E-state index is -4.30. The molecule has 6 nitrogen and oxygen atoms in total. The van der Waals surface area contributed by atoms with E-state index in [4.69, 9.17) is 4.74 Å². The van der Waals surface area contributed by atoms with Crippen molar-refractivity contribution in [2.45, 2.75) is 30.4 Å². The molecule has 9 heteroatoms. The van der Waals surface area contributed by atoms with Crippen molar-refractivity contribution < 1.29 is 26.7 Å². The van der Waals surface area contributed by atoms with E-state index in [1.54, 1.807) is 4.90 Å². The van der Waals surface area contributed by atoms with E-state index in [-0.39, 0.29) is 25.7 Å². The number of ether oxygens (including phenoxy) is 1. The number of sulfonamides is 1. The van der Waals surface area contributed by atoms with Crippen molar-refractivity contribution in [2.24, 2.45) is 0 Å².